The maximum atomic E-state index is 12.8. The molecule has 22 heavy (non-hydrogen) atoms. The third-order valence-corrected chi connectivity index (χ3v) is 4.24. The van der Waals surface area contributed by atoms with Crippen LogP contribution in [0.1, 0.15) is 29.0 Å². The second-order valence-electron chi connectivity index (χ2n) is 5.55. The SMILES string of the molecule is Cc1nc2ccc(Cl)cn2c1C(=O)N1CCCC(C(=O)O)C1. The number of amides is 1. The number of pyridine rings is 1. The molecule has 0 bridgehead atoms. The second-order valence-corrected chi connectivity index (χ2v) is 5.99. The number of imidazole rings is 1. The van der Waals surface area contributed by atoms with Gasteiger partial charge in [-0.3, -0.25) is 14.0 Å². The molecule has 1 aliphatic rings. The number of carboxylic acid groups (broad SMARTS) is 1. The van der Waals surface area contributed by atoms with Gasteiger partial charge in [0.15, 0.2) is 0 Å². The van der Waals surface area contributed by atoms with Crippen LogP contribution < -0.4 is 0 Å². The van der Waals surface area contributed by atoms with E-state index >= 15 is 0 Å². The molecule has 1 fully saturated rings. The van der Waals surface area contributed by atoms with Crippen LogP contribution in [0.25, 0.3) is 5.65 Å². The summed E-state index contributed by atoms with van der Waals surface area (Å²) in [7, 11) is 0. The Hall–Kier alpha value is -2.08. The van der Waals surface area contributed by atoms with Gasteiger partial charge in [0, 0.05) is 19.3 Å². The lowest BCUT2D eigenvalue weighted by Gasteiger charge is -2.30. The third-order valence-electron chi connectivity index (χ3n) is 4.02. The molecule has 0 saturated carbocycles. The number of aromatic nitrogens is 2. The van der Waals surface area contributed by atoms with Gasteiger partial charge in [-0.2, -0.15) is 0 Å². The Labute approximate surface area is 132 Å². The van der Waals surface area contributed by atoms with E-state index in [0.717, 1.165) is 0 Å². The van der Waals surface area contributed by atoms with E-state index in [4.69, 9.17) is 16.7 Å². The number of hydrogen-bond acceptors (Lipinski definition) is 3. The van der Waals surface area contributed by atoms with Crippen LogP contribution >= 0.6 is 11.6 Å². The predicted molar refractivity (Wildman–Crippen MR) is 81.2 cm³/mol. The van der Waals surface area contributed by atoms with Crippen LogP contribution in [0.3, 0.4) is 0 Å². The Kier molecular flexibility index (Phi) is 3.78. The number of halogens is 1. The molecule has 0 radical (unpaired) electrons. The molecule has 1 aliphatic heterocycles. The fourth-order valence-corrected chi connectivity index (χ4v) is 3.07. The molecule has 3 rings (SSSR count). The van der Waals surface area contributed by atoms with E-state index < -0.39 is 11.9 Å². The lowest BCUT2D eigenvalue weighted by Crippen LogP contribution is -2.42. The quantitative estimate of drug-likeness (QED) is 0.920. The van der Waals surface area contributed by atoms with Gasteiger partial charge in [0.25, 0.3) is 5.91 Å². The van der Waals surface area contributed by atoms with E-state index in [-0.39, 0.29) is 12.5 Å². The molecule has 1 N–H and O–H groups in total. The van der Waals surface area contributed by atoms with Gasteiger partial charge in [-0.25, -0.2) is 4.98 Å². The summed E-state index contributed by atoms with van der Waals surface area (Å²) in [6.07, 6.45) is 2.96. The van der Waals surface area contributed by atoms with E-state index in [9.17, 15) is 9.59 Å². The highest BCUT2D eigenvalue weighted by atomic mass is 35.5. The van der Waals surface area contributed by atoms with Gasteiger partial charge in [0.05, 0.1) is 16.6 Å². The zero-order valence-corrected chi connectivity index (χ0v) is 12.9. The number of fused-ring (bicyclic) bond motifs is 1. The van der Waals surface area contributed by atoms with Gasteiger partial charge < -0.3 is 10.0 Å². The predicted octanol–water partition coefficient (Wildman–Crippen LogP) is 2.23. The zero-order valence-electron chi connectivity index (χ0n) is 12.1. The van der Waals surface area contributed by atoms with Crippen LogP contribution in [0, 0.1) is 12.8 Å². The van der Waals surface area contributed by atoms with Crippen molar-refractivity contribution >= 4 is 29.1 Å². The molecule has 0 spiro atoms. The first-order chi connectivity index (χ1) is 10.5. The summed E-state index contributed by atoms with van der Waals surface area (Å²) >= 11 is 6.00. The Balaban J connectivity index is 1.96. The highest BCUT2D eigenvalue weighted by Crippen LogP contribution is 2.22. The molecule has 1 saturated heterocycles. The van der Waals surface area contributed by atoms with E-state index in [1.807, 2.05) is 0 Å². The molecule has 1 amide bonds. The fraction of sp³-hybridized carbons (Fsp3) is 0.400. The first kappa shape index (κ1) is 14.8. The summed E-state index contributed by atoms with van der Waals surface area (Å²) in [5.41, 5.74) is 1.71. The van der Waals surface area contributed by atoms with Crippen molar-refractivity contribution in [3.8, 4) is 0 Å². The Bertz CT molecular complexity index is 756. The molecule has 6 nitrogen and oxygen atoms in total. The van der Waals surface area contributed by atoms with Gasteiger partial charge in [0.2, 0.25) is 0 Å². The minimum atomic E-state index is -0.851. The first-order valence-electron chi connectivity index (χ1n) is 7.13. The van der Waals surface area contributed by atoms with Crippen molar-refractivity contribution in [1.82, 2.24) is 14.3 Å². The van der Waals surface area contributed by atoms with Crippen LogP contribution in [0.5, 0.6) is 0 Å². The Morgan fingerprint density at radius 3 is 2.91 bits per heavy atom. The molecule has 1 unspecified atom stereocenters. The molecule has 3 heterocycles. The highest BCUT2D eigenvalue weighted by molar-refractivity contribution is 6.30. The Morgan fingerprint density at radius 2 is 2.18 bits per heavy atom. The van der Waals surface area contributed by atoms with Crippen LogP contribution in [0.2, 0.25) is 5.02 Å². The van der Waals surface area contributed by atoms with Crippen LogP contribution in [-0.4, -0.2) is 44.4 Å². The molecule has 2 aromatic rings. The van der Waals surface area contributed by atoms with Crippen LogP contribution in [-0.2, 0) is 4.79 Å². The first-order valence-corrected chi connectivity index (χ1v) is 7.51. The number of nitrogens with zero attached hydrogens (tertiary/aromatic N) is 3. The standard InChI is InChI=1S/C15H16ClN3O3/c1-9-13(19-8-11(16)4-5-12(19)17-9)14(20)18-6-2-3-10(7-18)15(21)22/h4-5,8,10H,2-3,6-7H2,1H3,(H,21,22). The van der Waals surface area contributed by atoms with E-state index in [0.29, 0.717) is 41.4 Å². The summed E-state index contributed by atoms with van der Waals surface area (Å²) in [5.74, 6) is -1.55. The topological polar surface area (TPSA) is 74.9 Å². The number of carbonyl (C=O) groups excluding carboxylic acids is 1. The molecule has 7 heteroatoms. The number of carboxylic acids is 1. The average molecular weight is 322 g/mol. The number of aliphatic carboxylic acids is 1. The number of likely N-dealkylation sites (tertiary alicyclic amines) is 1. The molecule has 0 aromatic carbocycles. The molecule has 116 valence electrons. The number of carbonyl (C=O) groups is 2. The second kappa shape index (κ2) is 5.61. The minimum Gasteiger partial charge on any atom is -0.481 e. The lowest BCUT2D eigenvalue weighted by molar-refractivity contribution is -0.143. The zero-order chi connectivity index (χ0) is 15.9. The summed E-state index contributed by atoms with van der Waals surface area (Å²) in [6.45, 7) is 2.57. The summed E-state index contributed by atoms with van der Waals surface area (Å²) in [4.78, 5) is 29.9. The van der Waals surface area contributed by atoms with Crippen LogP contribution in [0.4, 0.5) is 0 Å². The molecular formula is C15H16ClN3O3. The van der Waals surface area contributed by atoms with E-state index in [1.165, 1.54) is 0 Å². The average Bonchev–Trinajstić information content (AvgIpc) is 2.82. The van der Waals surface area contributed by atoms with Gasteiger partial charge >= 0.3 is 5.97 Å². The summed E-state index contributed by atoms with van der Waals surface area (Å²) < 4.78 is 1.67. The van der Waals surface area contributed by atoms with Crippen molar-refractivity contribution < 1.29 is 14.7 Å². The van der Waals surface area contributed by atoms with Gasteiger partial charge in [0.1, 0.15) is 11.3 Å². The van der Waals surface area contributed by atoms with Crippen molar-refractivity contribution in [2.24, 2.45) is 5.92 Å². The smallest absolute Gasteiger partial charge is 0.308 e. The normalized spacial score (nSPS) is 18.6. The lowest BCUT2D eigenvalue weighted by atomic mass is 9.98. The number of rotatable bonds is 2. The van der Waals surface area contributed by atoms with Crippen molar-refractivity contribution in [1.29, 1.82) is 0 Å². The number of aryl methyl sites for hydroxylation is 1. The van der Waals surface area contributed by atoms with Crippen LogP contribution in [0.15, 0.2) is 18.3 Å². The van der Waals surface area contributed by atoms with Crippen molar-refractivity contribution in [2.75, 3.05) is 13.1 Å². The minimum absolute atomic E-state index is 0.196. The molecule has 0 aliphatic carbocycles. The van der Waals surface area contributed by atoms with Gasteiger partial charge in [-0.1, -0.05) is 11.6 Å². The fourth-order valence-electron chi connectivity index (χ4n) is 2.91. The Morgan fingerprint density at radius 1 is 1.41 bits per heavy atom. The van der Waals surface area contributed by atoms with Gasteiger partial charge in [-0.05, 0) is 31.9 Å². The highest BCUT2D eigenvalue weighted by Gasteiger charge is 2.30. The largest absolute Gasteiger partial charge is 0.481 e. The third kappa shape index (κ3) is 2.54. The van der Waals surface area contributed by atoms with E-state index in [1.54, 1.807) is 34.6 Å². The molecular weight excluding hydrogens is 306 g/mol. The molecule has 2 aromatic heterocycles. The maximum Gasteiger partial charge on any atom is 0.308 e. The summed E-state index contributed by atoms with van der Waals surface area (Å²) in [5, 5.41) is 9.67. The van der Waals surface area contributed by atoms with Crippen molar-refractivity contribution in [2.45, 2.75) is 19.8 Å². The number of piperidine rings is 1. The van der Waals surface area contributed by atoms with E-state index in [2.05, 4.69) is 4.98 Å². The monoisotopic (exact) mass is 321 g/mol. The number of hydrogen-bond donors (Lipinski definition) is 1. The van der Waals surface area contributed by atoms with Gasteiger partial charge in [-0.15, -0.1) is 0 Å². The maximum absolute atomic E-state index is 12.8. The molecule has 1 atom stereocenters. The summed E-state index contributed by atoms with van der Waals surface area (Å²) in [6, 6.07) is 3.47. The van der Waals surface area contributed by atoms with Crippen molar-refractivity contribution in [3.63, 3.8) is 0 Å². The van der Waals surface area contributed by atoms with Crippen molar-refractivity contribution in [3.05, 3.63) is 34.7 Å².